The monoisotopic (exact) mass is 204 g/mol. The summed E-state index contributed by atoms with van der Waals surface area (Å²) in [7, 11) is 0. The molecule has 1 fully saturated rings. The summed E-state index contributed by atoms with van der Waals surface area (Å²) in [5.41, 5.74) is 1.22. The highest BCUT2D eigenvalue weighted by atomic mass is 16.1. The second kappa shape index (κ2) is 4.53. The number of carbonyl (C=O) groups is 1. The van der Waals surface area contributed by atoms with Crippen molar-refractivity contribution < 1.29 is 4.79 Å². The average molecular weight is 204 g/mol. The van der Waals surface area contributed by atoms with Crippen LogP contribution in [-0.4, -0.2) is 28.8 Å². The molecule has 1 aromatic heterocycles. The van der Waals surface area contributed by atoms with Gasteiger partial charge in [-0.3, -0.25) is 14.7 Å². The number of carbonyl (C=O) groups excluding carboxylic acids is 1. The Bertz CT molecular complexity index is 337. The van der Waals surface area contributed by atoms with Gasteiger partial charge >= 0.3 is 0 Å². The summed E-state index contributed by atoms with van der Waals surface area (Å²) >= 11 is 0. The number of likely N-dealkylation sites (tertiary alicyclic amines) is 1. The first-order valence-corrected chi connectivity index (χ1v) is 5.39. The number of Topliss-reactive ketones (excluding diaryl/α,β-unsaturated/α-hetero) is 1. The Balaban J connectivity index is 1.94. The lowest BCUT2D eigenvalue weighted by molar-refractivity contribution is -0.125. The van der Waals surface area contributed by atoms with Crippen LogP contribution in [0.3, 0.4) is 0 Å². The zero-order chi connectivity index (χ0) is 10.7. The maximum absolute atomic E-state index is 11.4. The Morgan fingerprint density at radius 1 is 1.60 bits per heavy atom. The van der Waals surface area contributed by atoms with E-state index in [1.807, 2.05) is 19.2 Å². The third kappa shape index (κ3) is 2.63. The third-order valence-electron chi connectivity index (χ3n) is 2.89. The molecule has 0 spiro atoms. The van der Waals surface area contributed by atoms with Crippen molar-refractivity contribution in [1.29, 1.82) is 0 Å². The quantitative estimate of drug-likeness (QED) is 0.731. The van der Waals surface area contributed by atoms with Gasteiger partial charge in [-0.25, -0.2) is 0 Å². The van der Waals surface area contributed by atoms with Crippen molar-refractivity contribution >= 4 is 5.78 Å². The minimum absolute atomic E-state index is 0.190. The molecule has 1 saturated heterocycles. The Labute approximate surface area is 90.1 Å². The van der Waals surface area contributed by atoms with E-state index >= 15 is 0 Å². The molecule has 2 heterocycles. The summed E-state index contributed by atoms with van der Waals surface area (Å²) in [5.74, 6) is 0.591. The van der Waals surface area contributed by atoms with Gasteiger partial charge in [-0.15, -0.1) is 0 Å². The highest BCUT2D eigenvalue weighted by Gasteiger charge is 2.23. The van der Waals surface area contributed by atoms with Crippen molar-refractivity contribution in [1.82, 2.24) is 9.88 Å². The van der Waals surface area contributed by atoms with E-state index in [1.165, 1.54) is 5.56 Å². The predicted molar refractivity (Wildman–Crippen MR) is 58.3 cm³/mol. The Kier molecular flexibility index (Phi) is 3.11. The van der Waals surface area contributed by atoms with E-state index in [4.69, 9.17) is 0 Å². The van der Waals surface area contributed by atoms with Crippen LogP contribution in [-0.2, 0) is 11.3 Å². The third-order valence-corrected chi connectivity index (χ3v) is 2.89. The standard InChI is InChI=1S/C12H16N2O/c1-10-8-14(6-4-12(10)15)9-11-3-2-5-13-7-11/h2-3,5,7,10H,4,6,8-9H2,1H3. The zero-order valence-electron chi connectivity index (χ0n) is 9.02. The number of rotatable bonds is 2. The van der Waals surface area contributed by atoms with Crippen LogP contribution in [0.2, 0.25) is 0 Å². The predicted octanol–water partition coefficient (Wildman–Crippen LogP) is 1.49. The molecule has 1 unspecified atom stereocenters. The molecular formula is C12H16N2O. The minimum atomic E-state index is 0.190. The zero-order valence-corrected chi connectivity index (χ0v) is 9.02. The first kappa shape index (κ1) is 10.3. The van der Waals surface area contributed by atoms with Gasteiger partial charge in [-0.2, -0.15) is 0 Å². The highest BCUT2D eigenvalue weighted by molar-refractivity contribution is 5.81. The van der Waals surface area contributed by atoms with E-state index in [2.05, 4.69) is 16.0 Å². The average Bonchev–Trinajstić information content (AvgIpc) is 2.25. The summed E-state index contributed by atoms with van der Waals surface area (Å²) in [4.78, 5) is 17.8. The van der Waals surface area contributed by atoms with Crippen LogP contribution in [0.5, 0.6) is 0 Å². The number of ketones is 1. The summed E-state index contributed by atoms with van der Waals surface area (Å²) < 4.78 is 0. The highest BCUT2D eigenvalue weighted by Crippen LogP contribution is 2.14. The molecule has 1 atom stereocenters. The summed E-state index contributed by atoms with van der Waals surface area (Å²) in [6, 6.07) is 4.03. The lowest BCUT2D eigenvalue weighted by Crippen LogP contribution is -2.39. The van der Waals surface area contributed by atoms with Gasteiger partial charge in [0.1, 0.15) is 5.78 Å². The van der Waals surface area contributed by atoms with E-state index in [1.54, 1.807) is 6.20 Å². The fourth-order valence-corrected chi connectivity index (χ4v) is 1.99. The topological polar surface area (TPSA) is 33.2 Å². The van der Waals surface area contributed by atoms with Crippen LogP contribution in [0.4, 0.5) is 0 Å². The lowest BCUT2D eigenvalue weighted by Gasteiger charge is -2.29. The van der Waals surface area contributed by atoms with E-state index in [-0.39, 0.29) is 5.92 Å². The molecule has 0 amide bonds. The summed E-state index contributed by atoms with van der Waals surface area (Å²) in [6.07, 6.45) is 4.37. The molecule has 0 aliphatic carbocycles. The smallest absolute Gasteiger partial charge is 0.138 e. The Morgan fingerprint density at radius 3 is 3.13 bits per heavy atom. The van der Waals surface area contributed by atoms with Crippen molar-refractivity contribution in [2.45, 2.75) is 19.9 Å². The minimum Gasteiger partial charge on any atom is -0.299 e. The maximum atomic E-state index is 11.4. The normalized spacial score (nSPS) is 23.0. The van der Waals surface area contributed by atoms with Crippen LogP contribution < -0.4 is 0 Å². The molecule has 0 aromatic carbocycles. The van der Waals surface area contributed by atoms with Crippen molar-refractivity contribution in [2.24, 2.45) is 5.92 Å². The molecule has 0 saturated carbocycles. The molecule has 80 valence electrons. The number of aromatic nitrogens is 1. The van der Waals surface area contributed by atoms with Gasteiger partial charge in [0, 0.05) is 44.4 Å². The van der Waals surface area contributed by atoms with E-state index in [9.17, 15) is 4.79 Å². The lowest BCUT2D eigenvalue weighted by atomic mass is 9.98. The molecule has 0 N–H and O–H groups in total. The molecule has 3 nitrogen and oxygen atoms in total. The van der Waals surface area contributed by atoms with Gasteiger partial charge in [0.2, 0.25) is 0 Å². The molecule has 0 bridgehead atoms. The van der Waals surface area contributed by atoms with Crippen LogP contribution in [0.1, 0.15) is 18.9 Å². The van der Waals surface area contributed by atoms with Gasteiger partial charge in [0.25, 0.3) is 0 Å². The second-order valence-electron chi connectivity index (χ2n) is 4.21. The molecule has 1 aliphatic heterocycles. The van der Waals surface area contributed by atoms with E-state index < -0.39 is 0 Å². The van der Waals surface area contributed by atoms with Crippen LogP contribution >= 0.6 is 0 Å². The second-order valence-corrected chi connectivity index (χ2v) is 4.21. The fourth-order valence-electron chi connectivity index (χ4n) is 1.99. The molecule has 1 aliphatic rings. The van der Waals surface area contributed by atoms with Gasteiger partial charge in [0.05, 0.1) is 0 Å². The number of pyridine rings is 1. The van der Waals surface area contributed by atoms with Crippen molar-refractivity contribution in [2.75, 3.05) is 13.1 Å². The summed E-state index contributed by atoms with van der Waals surface area (Å²) in [5, 5.41) is 0. The van der Waals surface area contributed by atoms with E-state index in [0.29, 0.717) is 12.2 Å². The molecule has 1 aromatic rings. The number of hydrogen-bond acceptors (Lipinski definition) is 3. The van der Waals surface area contributed by atoms with Gasteiger partial charge in [-0.1, -0.05) is 13.0 Å². The summed E-state index contributed by atoms with van der Waals surface area (Å²) in [6.45, 7) is 4.69. The fraction of sp³-hybridized carbons (Fsp3) is 0.500. The molecule has 0 radical (unpaired) electrons. The Morgan fingerprint density at radius 2 is 2.47 bits per heavy atom. The molecule has 3 heteroatoms. The van der Waals surface area contributed by atoms with Crippen LogP contribution in [0, 0.1) is 5.92 Å². The molecular weight excluding hydrogens is 188 g/mol. The number of piperidine rings is 1. The SMILES string of the molecule is CC1CN(Cc2cccnc2)CCC1=O. The van der Waals surface area contributed by atoms with Crippen LogP contribution in [0.25, 0.3) is 0 Å². The number of nitrogens with zero attached hydrogens (tertiary/aromatic N) is 2. The number of hydrogen-bond donors (Lipinski definition) is 0. The van der Waals surface area contributed by atoms with Crippen molar-refractivity contribution in [3.63, 3.8) is 0 Å². The largest absolute Gasteiger partial charge is 0.299 e. The molecule has 2 rings (SSSR count). The first-order chi connectivity index (χ1) is 7.25. The maximum Gasteiger partial charge on any atom is 0.138 e. The Hall–Kier alpha value is -1.22. The molecule has 15 heavy (non-hydrogen) atoms. The van der Waals surface area contributed by atoms with Crippen molar-refractivity contribution in [3.8, 4) is 0 Å². The first-order valence-electron chi connectivity index (χ1n) is 5.39. The van der Waals surface area contributed by atoms with Crippen molar-refractivity contribution in [3.05, 3.63) is 30.1 Å². The van der Waals surface area contributed by atoms with Crippen LogP contribution in [0.15, 0.2) is 24.5 Å². The van der Waals surface area contributed by atoms with Gasteiger partial charge < -0.3 is 0 Å². The van der Waals surface area contributed by atoms with Gasteiger partial charge in [0.15, 0.2) is 0 Å². The van der Waals surface area contributed by atoms with Gasteiger partial charge in [-0.05, 0) is 11.6 Å². The van der Waals surface area contributed by atoms with E-state index in [0.717, 1.165) is 19.6 Å².